The molecule has 0 bridgehead atoms. The van der Waals surface area contributed by atoms with Gasteiger partial charge in [-0.3, -0.25) is 0 Å². The Labute approximate surface area is 174 Å². The quantitative estimate of drug-likeness (QED) is 0.464. The second-order valence-corrected chi connectivity index (χ2v) is 8.26. The van der Waals surface area contributed by atoms with Gasteiger partial charge in [-0.2, -0.15) is 0 Å². The molecule has 0 spiro atoms. The van der Waals surface area contributed by atoms with Gasteiger partial charge in [0, 0.05) is 35.1 Å². The van der Waals surface area contributed by atoms with Gasteiger partial charge in [0.25, 0.3) is 0 Å². The number of nitrogens with zero attached hydrogens (tertiary/aromatic N) is 2. The fourth-order valence-corrected chi connectivity index (χ4v) is 4.44. The molecule has 5 nitrogen and oxygen atoms in total. The molecule has 28 heavy (non-hydrogen) atoms. The lowest BCUT2D eigenvalue weighted by atomic mass is 10.1. The smallest absolute Gasteiger partial charge is 0.147 e. The van der Waals surface area contributed by atoms with Crippen molar-refractivity contribution in [2.75, 3.05) is 35.1 Å². The number of hydrogen-bond acceptors (Lipinski definition) is 7. The van der Waals surface area contributed by atoms with Gasteiger partial charge >= 0.3 is 0 Å². The van der Waals surface area contributed by atoms with E-state index in [0.717, 1.165) is 40.9 Å². The minimum Gasteiger partial charge on any atom is -0.497 e. The van der Waals surface area contributed by atoms with Crippen molar-refractivity contribution in [2.24, 2.45) is 0 Å². The highest BCUT2D eigenvalue weighted by Gasteiger charge is 2.15. The molecule has 0 aliphatic carbocycles. The highest BCUT2D eigenvalue weighted by Crippen LogP contribution is 2.34. The van der Waals surface area contributed by atoms with E-state index in [1.165, 1.54) is 24.9 Å². The third-order valence-corrected chi connectivity index (χ3v) is 6.15. The molecule has 0 saturated carbocycles. The van der Waals surface area contributed by atoms with E-state index in [4.69, 9.17) is 4.74 Å². The first-order chi connectivity index (χ1) is 13.8. The van der Waals surface area contributed by atoms with Crippen LogP contribution in [0.3, 0.4) is 0 Å². The van der Waals surface area contributed by atoms with Crippen LogP contribution in [0.4, 0.5) is 22.9 Å². The Morgan fingerprint density at radius 2 is 1.89 bits per heavy atom. The molecule has 1 aliphatic heterocycles. The highest BCUT2D eigenvalue weighted by molar-refractivity contribution is 8.00. The van der Waals surface area contributed by atoms with Crippen LogP contribution in [-0.4, -0.2) is 25.2 Å². The summed E-state index contributed by atoms with van der Waals surface area (Å²) in [6.07, 6.45) is 3.81. The van der Waals surface area contributed by atoms with E-state index in [2.05, 4.69) is 56.3 Å². The predicted octanol–water partition coefficient (Wildman–Crippen LogP) is 6.00. The summed E-state index contributed by atoms with van der Waals surface area (Å²) in [5.74, 6) is 1.78. The van der Waals surface area contributed by atoms with Crippen LogP contribution in [-0.2, 0) is 0 Å². The number of benzene rings is 2. The van der Waals surface area contributed by atoms with Crippen molar-refractivity contribution in [2.45, 2.75) is 24.2 Å². The Balaban J connectivity index is 1.47. The molecule has 2 N–H and O–H groups in total. The van der Waals surface area contributed by atoms with Crippen LogP contribution in [0.5, 0.6) is 5.75 Å². The normalized spacial score (nSPS) is 14.0. The lowest BCUT2D eigenvalue weighted by Gasteiger charge is -2.31. The molecule has 2 aromatic carbocycles. The standard InChI is InChI=1S/C21H24N4OS2/c1-26-17-7-10-19(20(13-17)25-11-3-2-4-12-25)23-16-5-8-18(9-6-16)28-24-21-14-27-15-22-21/h5-10,13-15,23-24H,2-4,11-12H2,1H3. The van der Waals surface area contributed by atoms with Gasteiger partial charge in [-0.1, -0.05) is 0 Å². The highest BCUT2D eigenvalue weighted by atomic mass is 32.2. The zero-order valence-electron chi connectivity index (χ0n) is 15.9. The van der Waals surface area contributed by atoms with Crippen molar-refractivity contribution in [3.05, 3.63) is 53.4 Å². The maximum atomic E-state index is 5.46. The molecular weight excluding hydrogens is 388 g/mol. The van der Waals surface area contributed by atoms with E-state index in [1.807, 2.05) is 17.0 Å². The number of hydrogen-bond donors (Lipinski definition) is 2. The van der Waals surface area contributed by atoms with Crippen molar-refractivity contribution < 1.29 is 4.74 Å². The van der Waals surface area contributed by atoms with Crippen LogP contribution in [0.2, 0.25) is 0 Å². The Morgan fingerprint density at radius 1 is 1.07 bits per heavy atom. The lowest BCUT2D eigenvalue weighted by Crippen LogP contribution is -2.29. The van der Waals surface area contributed by atoms with E-state index >= 15 is 0 Å². The number of nitrogens with one attached hydrogen (secondary N) is 2. The maximum absolute atomic E-state index is 5.46. The van der Waals surface area contributed by atoms with Gasteiger partial charge in [-0.15, -0.1) is 11.3 Å². The van der Waals surface area contributed by atoms with E-state index < -0.39 is 0 Å². The van der Waals surface area contributed by atoms with Gasteiger partial charge in [0.2, 0.25) is 0 Å². The summed E-state index contributed by atoms with van der Waals surface area (Å²) in [6.45, 7) is 2.19. The molecule has 0 radical (unpaired) electrons. The van der Waals surface area contributed by atoms with Gasteiger partial charge in [-0.25, -0.2) is 4.98 Å². The second-order valence-electron chi connectivity index (χ2n) is 6.66. The SMILES string of the molecule is COc1ccc(Nc2ccc(SNc3cscn3)cc2)c(N2CCCCC2)c1. The third-order valence-electron chi connectivity index (χ3n) is 4.74. The van der Waals surface area contributed by atoms with Crippen LogP contribution < -0.4 is 19.7 Å². The summed E-state index contributed by atoms with van der Waals surface area (Å²) in [5, 5.41) is 5.58. The van der Waals surface area contributed by atoms with Gasteiger partial charge in [0.1, 0.15) is 11.6 Å². The molecular formula is C21H24N4OS2. The number of aromatic nitrogens is 1. The molecule has 4 rings (SSSR count). The zero-order valence-corrected chi connectivity index (χ0v) is 17.5. The fourth-order valence-electron chi connectivity index (χ4n) is 3.28. The Kier molecular flexibility index (Phi) is 6.24. The minimum absolute atomic E-state index is 0.890. The van der Waals surface area contributed by atoms with Crippen LogP contribution in [0.25, 0.3) is 0 Å². The monoisotopic (exact) mass is 412 g/mol. The molecule has 7 heteroatoms. The Morgan fingerprint density at radius 3 is 2.61 bits per heavy atom. The number of methoxy groups -OCH3 is 1. The summed E-state index contributed by atoms with van der Waals surface area (Å²) in [4.78, 5) is 7.83. The first-order valence-electron chi connectivity index (χ1n) is 9.43. The average molecular weight is 413 g/mol. The average Bonchev–Trinajstić information content (AvgIpc) is 3.28. The number of piperidine rings is 1. The molecule has 146 valence electrons. The minimum atomic E-state index is 0.890. The maximum Gasteiger partial charge on any atom is 0.147 e. The Hall–Kier alpha value is -2.38. The topological polar surface area (TPSA) is 49.4 Å². The first kappa shape index (κ1) is 19.0. The van der Waals surface area contributed by atoms with E-state index in [0.29, 0.717) is 0 Å². The molecule has 2 heterocycles. The van der Waals surface area contributed by atoms with Crippen LogP contribution >= 0.6 is 23.3 Å². The summed E-state index contributed by atoms with van der Waals surface area (Å²) < 4.78 is 8.71. The fraction of sp³-hybridized carbons (Fsp3) is 0.286. The molecule has 0 unspecified atom stereocenters. The number of rotatable bonds is 7. The predicted molar refractivity (Wildman–Crippen MR) is 120 cm³/mol. The summed E-state index contributed by atoms with van der Waals surface area (Å²) in [7, 11) is 1.72. The first-order valence-corrected chi connectivity index (χ1v) is 11.2. The second kappa shape index (κ2) is 9.21. The zero-order chi connectivity index (χ0) is 19.2. The molecule has 0 amide bonds. The van der Waals surface area contributed by atoms with E-state index in [9.17, 15) is 0 Å². The van der Waals surface area contributed by atoms with Gasteiger partial charge in [-0.05, 0) is 67.6 Å². The number of ether oxygens (including phenoxy) is 1. The molecule has 3 aromatic rings. The molecule has 1 saturated heterocycles. The number of thiazole rings is 1. The molecule has 0 atom stereocenters. The van der Waals surface area contributed by atoms with Gasteiger partial charge in [0.15, 0.2) is 0 Å². The van der Waals surface area contributed by atoms with Crippen molar-refractivity contribution in [1.82, 2.24) is 4.98 Å². The van der Waals surface area contributed by atoms with Crippen molar-refractivity contribution >= 4 is 46.2 Å². The summed E-state index contributed by atoms with van der Waals surface area (Å²) in [5.41, 5.74) is 5.22. The number of anilines is 4. The van der Waals surface area contributed by atoms with Crippen molar-refractivity contribution in [1.29, 1.82) is 0 Å². The van der Waals surface area contributed by atoms with E-state index in [1.54, 1.807) is 30.4 Å². The van der Waals surface area contributed by atoms with Crippen LogP contribution in [0, 0.1) is 0 Å². The summed E-state index contributed by atoms with van der Waals surface area (Å²) in [6, 6.07) is 14.7. The molecule has 1 aliphatic rings. The lowest BCUT2D eigenvalue weighted by molar-refractivity contribution is 0.414. The molecule has 1 fully saturated rings. The molecule has 1 aromatic heterocycles. The van der Waals surface area contributed by atoms with Crippen LogP contribution in [0.1, 0.15) is 19.3 Å². The van der Waals surface area contributed by atoms with Crippen molar-refractivity contribution in [3.8, 4) is 5.75 Å². The van der Waals surface area contributed by atoms with Crippen molar-refractivity contribution in [3.63, 3.8) is 0 Å². The largest absolute Gasteiger partial charge is 0.497 e. The van der Waals surface area contributed by atoms with Gasteiger partial charge in [0.05, 0.1) is 24.0 Å². The Bertz CT molecular complexity index is 878. The van der Waals surface area contributed by atoms with E-state index in [-0.39, 0.29) is 0 Å². The third kappa shape index (κ3) is 4.72. The summed E-state index contributed by atoms with van der Waals surface area (Å²) >= 11 is 3.15. The van der Waals surface area contributed by atoms with Crippen LogP contribution in [0.15, 0.2) is 58.3 Å². The van der Waals surface area contributed by atoms with Gasteiger partial charge < -0.3 is 19.7 Å².